The monoisotopic (exact) mass is 398 g/mol. The van der Waals surface area contributed by atoms with E-state index in [1.54, 1.807) is 0 Å². The van der Waals surface area contributed by atoms with Crippen LogP contribution in [0.4, 0.5) is 0 Å². The first-order valence-electron chi connectivity index (χ1n) is 12.9. The molecule has 3 saturated carbocycles. The summed E-state index contributed by atoms with van der Waals surface area (Å²) in [5.41, 5.74) is 0.855. The number of allylic oxidation sites excluding steroid dienone is 2. The maximum Gasteiger partial charge on any atom is 0.155 e. The number of carbonyl (C=O) groups is 1. The van der Waals surface area contributed by atoms with Gasteiger partial charge in [-0.15, -0.1) is 0 Å². The minimum absolute atomic E-state index is 0.286. The molecule has 0 amide bonds. The third-order valence-electron chi connectivity index (χ3n) is 11.0. The second-order valence-corrected chi connectivity index (χ2v) is 12.5. The average Bonchev–Trinajstić information content (AvgIpc) is 3.03. The molecular formula is C28H46O. The Bertz CT molecular complexity index is 647. The maximum absolute atomic E-state index is 12.0. The van der Waals surface area contributed by atoms with Crippen molar-refractivity contribution in [2.45, 2.75) is 99.3 Å². The zero-order valence-electron chi connectivity index (χ0n) is 20.0. The third kappa shape index (κ3) is 3.57. The normalized spacial score (nSPS) is 46.2. The number of carbonyl (C=O) groups excluding carboxylic acids is 1. The van der Waals surface area contributed by atoms with E-state index in [2.05, 4.69) is 47.6 Å². The lowest BCUT2D eigenvalue weighted by molar-refractivity contribution is -0.122. The average molecular weight is 399 g/mol. The Balaban J connectivity index is 1.49. The van der Waals surface area contributed by atoms with Crippen LogP contribution in [0.3, 0.4) is 0 Å². The molecule has 1 nitrogen and oxygen atoms in total. The van der Waals surface area contributed by atoms with Gasteiger partial charge in [0, 0.05) is 6.42 Å². The summed E-state index contributed by atoms with van der Waals surface area (Å²) in [4.78, 5) is 12.0. The molecule has 4 aliphatic carbocycles. The van der Waals surface area contributed by atoms with Gasteiger partial charge >= 0.3 is 0 Å². The van der Waals surface area contributed by atoms with Gasteiger partial charge in [-0.2, -0.15) is 0 Å². The van der Waals surface area contributed by atoms with Gasteiger partial charge in [-0.25, -0.2) is 0 Å². The standard InChI is InChI=1S/C28H46O/c1-18(2)19(3)7-8-20(4)24-11-12-25-23-10-9-21-17-22(29)13-15-27(21,5)26(23)14-16-28(24,25)6/h13,15,18-21,23-26H,7-12,14,16-17H2,1-6H3/t19-,20+,21?,23-,24+,25-,26-,27-,28+/m0/s1. The van der Waals surface area contributed by atoms with Crippen LogP contribution < -0.4 is 0 Å². The highest BCUT2D eigenvalue weighted by Gasteiger charge is 2.59. The van der Waals surface area contributed by atoms with Gasteiger partial charge in [0.2, 0.25) is 0 Å². The fourth-order valence-corrected chi connectivity index (χ4v) is 8.67. The van der Waals surface area contributed by atoms with Crippen LogP contribution >= 0.6 is 0 Å². The van der Waals surface area contributed by atoms with E-state index in [4.69, 9.17) is 0 Å². The molecule has 0 bridgehead atoms. The second kappa shape index (κ2) is 7.83. The van der Waals surface area contributed by atoms with Crippen LogP contribution in [-0.4, -0.2) is 5.78 Å². The fourth-order valence-electron chi connectivity index (χ4n) is 8.67. The fraction of sp³-hybridized carbons (Fsp3) is 0.893. The lowest BCUT2D eigenvalue weighted by atomic mass is 9.45. The summed E-state index contributed by atoms with van der Waals surface area (Å²) in [6.07, 6.45) is 16.4. The van der Waals surface area contributed by atoms with Gasteiger partial charge in [0.05, 0.1) is 0 Å². The van der Waals surface area contributed by atoms with Gasteiger partial charge < -0.3 is 0 Å². The molecule has 0 spiro atoms. The summed E-state index contributed by atoms with van der Waals surface area (Å²) in [5, 5.41) is 0. The maximum atomic E-state index is 12.0. The van der Waals surface area contributed by atoms with Crippen LogP contribution in [0.1, 0.15) is 99.3 Å². The molecular weight excluding hydrogens is 352 g/mol. The van der Waals surface area contributed by atoms with E-state index in [0.29, 0.717) is 17.1 Å². The highest BCUT2D eigenvalue weighted by molar-refractivity contribution is 5.91. The molecule has 0 aliphatic heterocycles. The van der Waals surface area contributed by atoms with E-state index < -0.39 is 0 Å². The predicted octanol–water partition coefficient (Wildman–Crippen LogP) is 7.70. The summed E-state index contributed by atoms with van der Waals surface area (Å²) in [6, 6.07) is 0. The van der Waals surface area contributed by atoms with Gasteiger partial charge in [-0.3, -0.25) is 4.79 Å². The highest BCUT2D eigenvalue weighted by Crippen LogP contribution is 2.67. The molecule has 9 atom stereocenters. The van der Waals surface area contributed by atoms with E-state index in [1.807, 2.05) is 6.08 Å². The Hall–Kier alpha value is -0.590. The van der Waals surface area contributed by atoms with Crippen LogP contribution in [0.2, 0.25) is 0 Å². The summed E-state index contributed by atoms with van der Waals surface area (Å²) < 4.78 is 0. The smallest absolute Gasteiger partial charge is 0.155 e. The molecule has 164 valence electrons. The summed E-state index contributed by atoms with van der Waals surface area (Å²) in [7, 11) is 0. The van der Waals surface area contributed by atoms with E-state index in [1.165, 1.54) is 51.4 Å². The molecule has 3 fully saturated rings. The minimum Gasteiger partial charge on any atom is -0.295 e. The van der Waals surface area contributed by atoms with Gasteiger partial charge in [0.1, 0.15) is 0 Å². The van der Waals surface area contributed by atoms with Crippen LogP contribution in [0, 0.1) is 58.2 Å². The molecule has 0 aromatic heterocycles. The van der Waals surface area contributed by atoms with Crippen molar-refractivity contribution >= 4 is 5.78 Å². The summed E-state index contributed by atoms with van der Waals surface area (Å²) in [5.74, 6) is 7.11. The van der Waals surface area contributed by atoms with Gasteiger partial charge in [-0.05, 0) is 103 Å². The molecule has 0 radical (unpaired) electrons. The Morgan fingerprint density at radius 3 is 2.45 bits per heavy atom. The van der Waals surface area contributed by atoms with Crippen LogP contribution in [0.25, 0.3) is 0 Å². The van der Waals surface area contributed by atoms with Crippen molar-refractivity contribution in [2.24, 2.45) is 58.2 Å². The summed E-state index contributed by atoms with van der Waals surface area (Å²) in [6.45, 7) is 15.0. The van der Waals surface area contributed by atoms with Crippen molar-refractivity contribution < 1.29 is 4.79 Å². The topological polar surface area (TPSA) is 17.1 Å². The first kappa shape index (κ1) is 21.6. The van der Waals surface area contributed by atoms with Crippen LogP contribution in [0.5, 0.6) is 0 Å². The first-order valence-corrected chi connectivity index (χ1v) is 12.9. The van der Waals surface area contributed by atoms with E-state index in [-0.39, 0.29) is 5.41 Å². The minimum atomic E-state index is 0.286. The van der Waals surface area contributed by atoms with Gasteiger partial charge in [0.15, 0.2) is 5.78 Å². The SMILES string of the molecule is CC(C)[C@@H](C)CC[C@@H](C)[C@H]1CC[C@H]2[C@@H]3CCC4CC(=O)C=C[C@]4(C)[C@H]3CC[C@]12C. The zero-order valence-corrected chi connectivity index (χ0v) is 20.0. The molecule has 4 aliphatic rings. The van der Waals surface area contributed by atoms with Crippen LogP contribution in [0.15, 0.2) is 12.2 Å². The molecule has 1 unspecified atom stereocenters. The van der Waals surface area contributed by atoms with E-state index >= 15 is 0 Å². The molecule has 1 heteroatoms. The van der Waals surface area contributed by atoms with Crippen molar-refractivity contribution in [2.75, 3.05) is 0 Å². The molecule has 0 heterocycles. The zero-order chi connectivity index (χ0) is 21.0. The number of hydrogen-bond acceptors (Lipinski definition) is 1. The molecule has 29 heavy (non-hydrogen) atoms. The van der Waals surface area contributed by atoms with Crippen molar-refractivity contribution in [1.82, 2.24) is 0 Å². The lowest BCUT2D eigenvalue weighted by Crippen LogP contribution is -2.52. The van der Waals surface area contributed by atoms with Gasteiger partial charge in [0.25, 0.3) is 0 Å². The van der Waals surface area contributed by atoms with Crippen molar-refractivity contribution in [3.8, 4) is 0 Å². The molecule has 0 aromatic rings. The predicted molar refractivity (Wildman–Crippen MR) is 123 cm³/mol. The Kier molecular flexibility index (Phi) is 5.84. The number of rotatable bonds is 5. The molecule has 0 N–H and O–H groups in total. The quantitative estimate of drug-likeness (QED) is 0.463. The van der Waals surface area contributed by atoms with Crippen molar-refractivity contribution in [3.63, 3.8) is 0 Å². The number of fused-ring (bicyclic) bond motifs is 5. The van der Waals surface area contributed by atoms with Crippen molar-refractivity contribution in [1.29, 1.82) is 0 Å². The molecule has 4 rings (SSSR count). The molecule has 0 aromatic carbocycles. The Morgan fingerprint density at radius 2 is 1.72 bits per heavy atom. The van der Waals surface area contributed by atoms with Crippen molar-refractivity contribution in [3.05, 3.63) is 12.2 Å². The molecule has 0 saturated heterocycles. The van der Waals surface area contributed by atoms with E-state index in [0.717, 1.165) is 47.8 Å². The van der Waals surface area contributed by atoms with Crippen LogP contribution in [-0.2, 0) is 4.79 Å². The number of ketones is 1. The Labute approximate surface area is 180 Å². The van der Waals surface area contributed by atoms with Gasteiger partial charge in [-0.1, -0.05) is 60.5 Å². The van der Waals surface area contributed by atoms with E-state index in [9.17, 15) is 4.79 Å². The Morgan fingerprint density at radius 1 is 0.966 bits per heavy atom. The summed E-state index contributed by atoms with van der Waals surface area (Å²) >= 11 is 0. The largest absolute Gasteiger partial charge is 0.295 e. The lowest BCUT2D eigenvalue weighted by Gasteiger charge is -2.59. The first-order chi connectivity index (χ1) is 13.7. The second-order valence-electron chi connectivity index (χ2n) is 12.5. The highest BCUT2D eigenvalue weighted by atomic mass is 16.1. The number of hydrogen-bond donors (Lipinski definition) is 0. The third-order valence-corrected chi connectivity index (χ3v) is 11.0.